The summed E-state index contributed by atoms with van der Waals surface area (Å²) in [6.45, 7) is 9.44. The molecule has 39 heavy (non-hydrogen) atoms. The van der Waals surface area contributed by atoms with Gasteiger partial charge >= 0.3 is 0 Å². The van der Waals surface area contributed by atoms with Crippen LogP contribution in [0.4, 0.5) is 10.1 Å². The molecule has 2 fully saturated rings. The fourth-order valence-corrected chi connectivity index (χ4v) is 5.54. The largest absolute Gasteiger partial charge is 0.383 e. The van der Waals surface area contributed by atoms with Crippen LogP contribution in [-0.4, -0.2) is 64.7 Å². The maximum Gasteiger partial charge on any atom is 0.204 e. The van der Waals surface area contributed by atoms with Crippen molar-refractivity contribution in [3.63, 3.8) is 0 Å². The number of nitrogens with zero attached hydrogens (tertiary/aromatic N) is 4. The van der Waals surface area contributed by atoms with E-state index in [2.05, 4.69) is 45.8 Å². The van der Waals surface area contributed by atoms with Crippen LogP contribution < -0.4 is 11.1 Å². The van der Waals surface area contributed by atoms with Crippen LogP contribution in [0.25, 0.3) is 16.9 Å². The Balaban J connectivity index is 0.00000112. The number of anilines is 1. The van der Waals surface area contributed by atoms with Crippen molar-refractivity contribution < 1.29 is 13.9 Å². The standard InChI is InChI=1S/C29H38FN5O.CH3NO/c1-5-24(17-36-4)34-9-8-27(20(3)15-34)33-23-11-22(13-31-14-23)28-16-35(18-32-28)29-12-25(21-6-7-21)26(30)10-19(29)2;2-1-3/h10-14,16,18,20-21,24,27,33H,5-9,15,17H2,1-4H3;1H,(H2,2,3). The van der Waals surface area contributed by atoms with Crippen LogP contribution in [0, 0.1) is 18.7 Å². The van der Waals surface area contributed by atoms with E-state index in [1.54, 1.807) is 13.2 Å². The number of halogens is 1. The molecule has 2 aliphatic rings. The van der Waals surface area contributed by atoms with E-state index in [9.17, 15) is 4.39 Å². The summed E-state index contributed by atoms with van der Waals surface area (Å²) < 4.78 is 21.9. The van der Waals surface area contributed by atoms with Gasteiger partial charge in [0.15, 0.2) is 0 Å². The van der Waals surface area contributed by atoms with Crippen LogP contribution in [-0.2, 0) is 9.53 Å². The second kappa shape index (κ2) is 13.2. The van der Waals surface area contributed by atoms with Gasteiger partial charge in [-0.15, -0.1) is 0 Å². The number of aryl methyl sites for hydroxylation is 1. The molecule has 3 N–H and O–H groups in total. The highest BCUT2D eigenvalue weighted by molar-refractivity contribution is 5.64. The van der Waals surface area contributed by atoms with Crippen molar-refractivity contribution in [2.24, 2.45) is 11.7 Å². The van der Waals surface area contributed by atoms with E-state index in [0.717, 1.165) is 79.1 Å². The van der Waals surface area contributed by atoms with Crippen LogP contribution in [0.3, 0.4) is 0 Å². The first-order valence-electron chi connectivity index (χ1n) is 13.8. The smallest absolute Gasteiger partial charge is 0.204 e. The number of hydrogen-bond donors (Lipinski definition) is 2. The summed E-state index contributed by atoms with van der Waals surface area (Å²) in [4.78, 5) is 20.3. The first kappa shape index (κ1) is 28.7. The third kappa shape index (κ3) is 7.02. The number of carbonyl (C=O) groups is 1. The Morgan fingerprint density at radius 1 is 1.26 bits per heavy atom. The summed E-state index contributed by atoms with van der Waals surface area (Å²) in [6.07, 6.45) is 12.2. The minimum atomic E-state index is -0.0916. The van der Waals surface area contributed by atoms with Crippen molar-refractivity contribution in [3.05, 3.63) is 60.1 Å². The van der Waals surface area contributed by atoms with E-state index in [4.69, 9.17) is 9.53 Å². The zero-order chi connectivity index (χ0) is 27.9. The molecular formula is C30H41FN6O2. The molecule has 210 valence electrons. The van der Waals surface area contributed by atoms with Crippen molar-refractivity contribution in [3.8, 4) is 16.9 Å². The van der Waals surface area contributed by atoms with Gasteiger partial charge in [-0.3, -0.25) is 14.7 Å². The Hall–Kier alpha value is -3.30. The normalized spacial score (nSPS) is 20.1. The predicted octanol–water partition coefficient (Wildman–Crippen LogP) is 4.91. The van der Waals surface area contributed by atoms with Gasteiger partial charge < -0.3 is 20.4 Å². The summed E-state index contributed by atoms with van der Waals surface area (Å²) in [5.74, 6) is 0.794. The number of amides is 1. The Morgan fingerprint density at radius 3 is 2.69 bits per heavy atom. The van der Waals surface area contributed by atoms with E-state index in [0.29, 0.717) is 23.9 Å². The lowest BCUT2D eigenvalue weighted by Crippen LogP contribution is -2.50. The van der Waals surface area contributed by atoms with Gasteiger partial charge in [0.1, 0.15) is 5.82 Å². The number of methoxy groups -OCH3 is 1. The Morgan fingerprint density at radius 2 is 2.03 bits per heavy atom. The SMILES string of the molecule is CCC(COC)N1CCC(Nc2cncc(-c3cn(-c4cc(C5CC5)c(F)cc4C)cn3)c2)C(C)C1.NC=O. The highest BCUT2D eigenvalue weighted by atomic mass is 19.1. The molecule has 0 spiro atoms. The Labute approximate surface area is 230 Å². The van der Waals surface area contributed by atoms with Gasteiger partial charge in [-0.2, -0.15) is 0 Å². The van der Waals surface area contributed by atoms with Gasteiger partial charge in [0.2, 0.25) is 6.41 Å². The molecule has 1 aliphatic carbocycles. The summed E-state index contributed by atoms with van der Waals surface area (Å²) in [5, 5.41) is 3.73. The number of hydrogen-bond acceptors (Lipinski definition) is 6. The van der Waals surface area contributed by atoms with Crippen LogP contribution in [0.5, 0.6) is 0 Å². The van der Waals surface area contributed by atoms with Crippen molar-refractivity contribution >= 4 is 12.1 Å². The number of benzene rings is 1. The Bertz CT molecular complexity index is 1240. The number of pyridine rings is 1. The molecular weight excluding hydrogens is 495 g/mol. The molecule has 9 heteroatoms. The van der Waals surface area contributed by atoms with E-state index in [1.165, 1.54) is 0 Å². The van der Waals surface area contributed by atoms with Crippen molar-refractivity contribution in [2.75, 3.05) is 32.1 Å². The number of piperidine rings is 1. The topological polar surface area (TPSA) is 98.3 Å². The molecule has 3 heterocycles. The molecule has 0 radical (unpaired) electrons. The molecule has 1 amide bonds. The number of ether oxygens (including phenoxy) is 1. The second-order valence-electron chi connectivity index (χ2n) is 10.7. The van der Waals surface area contributed by atoms with Crippen LogP contribution in [0.2, 0.25) is 0 Å². The maximum atomic E-state index is 14.4. The van der Waals surface area contributed by atoms with Crippen LogP contribution >= 0.6 is 0 Å². The average Bonchev–Trinajstić information content (AvgIpc) is 3.64. The minimum absolute atomic E-state index is 0.0916. The molecule has 1 saturated carbocycles. The molecule has 8 nitrogen and oxygen atoms in total. The molecule has 2 aromatic heterocycles. The van der Waals surface area contributed by atoms with Gasteiger partial charge in [0, 0.05) is 62.1 Å². The van der Waals surface area contributed by atoms with Gasteiger partial charge in [0.05, 0.1) is 24.3 Å². The number of likely N-dealkylation sites (tertiary alicyclic amines) is 1. The molecule has 5 rings (SSSR count). The average molecular weight is 537 g/mol. The molecule has 1 aromatic carbocycles. The zero-order valence-corrected chi connectivity index (χ0v) is 23.4. The molecule has 3 atom stereocenters. The van der Waals surface area contributed by atoms with Crippen molar-refractivity contribution in [1.29, 1.82) is 0 Å². The maximum absolute atomic E-state index is 14.4. The van der Waals surface area contributed by atoms with Gasteiger partial charge in [-0.1, -0.05) is 13.8 Å². The number of rotatable bonds is 9. The third-order valence-corrected chi connectivity index (χ3v) is 7.86. The van der Waals surface area contributed by atoms with Crippen LogP contribution in [0.1, 0.15) is 56.6 Å². The van der Waals surface area contributed by atoms with E-state index in [1.807, 2.05) is 42.5 Å². The summed E-state index contributed by atoms with van der Waals surface area (Å²) in [6, 6.07) is 6.67. The molecule has 3 aromatic rings. The first-order valence-corrected chi connectivity index (χ1v) is 13.8. The van der Waals surface area contributed by atoms with Gasteiger partial charge in [-0.05, 0) is 73.8 Å². The summed E-state index contributed by atoms with van der Waals surface area (Å²) in [5.41, 5.74) is 9.73. The number of aromatic nitrogens is 3. The molecule has 0 bridgehead atoms. The zero-order valence-electron chi connectivity index (χ0n) is 23.4. The minimum Gasteiger partial charge on any atom is -0.383 e. The van der Waals surface area contributed by atoms with Gasteiger partial charge in [0.25, 0.3) is 0 Å². The van der Waals surface area contributed by atoms with E-state index in [-0.39, 0.29) is 12.2 Å². The summed E-state index contributed by atoms with van der Waals surface area (Å²) >= 11 is 0. The number of imidazole rings is 1. The number of nitrogens with two attached hydrogens (primary N) is 1. The van der Waals surface area contributed by atoms with E-state index >= 15 is 0 Å². The third-order valence-electron chi connectivity index (χ3n) is 7.86. The van der Waals surface area contributed by atoms with Crippen molar-refractivity contribution in [1.82, 2.24) is 19.4 Å². The number of nitrogens with one attached hydrogen (secondary N) is 1. The lowest BCUT2D eigenvalue weighted by atomic mass is 9.92. The quantitative estimate of drug-likeness (QED) is 0.377. The van der Waals surface area contributed by atoms with E-state index < -0.39 is 0 Å². The molecule has 1 saturated heterocycles. The summed E-state index contributed by atoms with van der Waals surface area (Å²) in [7, 11) is 1.79. The van der Waals surface area contributed by atoms with Gasteiger partial charge in [-0.25, -0.2) is 9.37 Å². The highest BCUT2D eigenvalue weighted by Gasteiger charge is 2.30. The number of carbonyl (C=O) groups excluding carboxylic acids is 1. The molecule has 1 aliphatic heterocycles. The fraction of sp³-hybridized carbons (Fsp3) is 0.500. The van der Waals surface area contributed by atoms with Crippen LogP contribution in [0.15, 0.2) is 43.1 Å². The highest BCUT2D eigenvalue weighted by Crippen LogP contribution is 2.42. The predicted molar refractivity (Wildman–Crippen MR) is 152 cm³/mol. The fourth-order valence-electron chi connectivity index (χ4n) is 5.54. The second-order valence-corrected chi connectivity index (χ2v) is 10.7. The Kier molecular flexibility index (Phi) is 9.69. The number of primary amides is 1. The lowest BCUT2D eigenvalue weighted by molar-refractivity contribution is -0.106. The monoisotopic (exact) mass is 536 g/mol. The molecule has 3 unspecified atom stereocenters. The lowest BCUT2D eigenvalue weighted by Gasteiger charge is -2.41. The van der Waals surface area contributed by atoms with Crippen molar-refractivity contribution in [2.45, 2.75) is 64.5 Å². The first-order chi connectivity index (χ1) is 18.9.